The Morgan fingerprint density at radius 3 is 2.12 bits per heavy atom. The number of carbonyl (C=O) groups is 1. The summed E-state index contributed by atoms with van der Waals surface area (Å²) in [5.41, 5.74) is 1.79. The first-order valence-corrected chi connectivity index (χ1v) is 8.55. The van der Waals surface area contributed by atoms with Crippen LogP contribution in [-0.4, -0.2) is 32.4 Å². The van der Waals surface area contributed by atoms with Crippen LogP contribution in [0, 0.1) is 0 Å². The van der Waals surface area contributed by atoms with Gasteiger partial charge in [-0.1, -0.05) is 28.1 Å². The fourth-order valence-corrected chi connectivity index (χ4v) is 3.25. The van der Waals surface area contributed by atoms with Crippen LogP contribution in [0.15, 0.2) is 46.9 Å². The van der Waals surface area contributed by atoms with Crippen molar-refractivity contribution < 1.29 is 24.1 Å². The highest BCUT2D eigenvalue weighted by Crippen LogP contribution is 2.47. The maximum absolute atomic E-state index is 11.6. The molecule has 1 N–H and O–H groups in total. The lowest BCUT2D eigenvalue weighted by atomic mass is 9.94. The number of benzene rings is 3. The number of carboxylic acid groups (broad SMARTS) is 1. The van der Waals surface area contributed by atoms with E-state index in [1.807, 2.05) is 24.3 Å². The van der Waals surface area contributed by atoms with Gasteiger partial charge in [-0.2, -0.15) is 0 Å². The molecule has 0 aliphatic heterocycles. The molecule has 3 aromatic rings. The fourth-order valence-electron chi connectivity index (χ4n) is 2.98. The third-order valence-corrected chi connectivity index (χ3v) is 4.67. The lowest BCUT2D eigenvalue weighted by molar-refractivity contribution is 0.0697. The molecule has 0 bridgehead atoms. The molecule has 0 aromatic heterocycles. The number of halogens is 1. The summed E-state index contributed by atoms with van der Waals surface area (Å²) in [6.45, 7) is 0. The van der Waals surface area contributed by atoms with Crippen molar-refractivity contribution in [3.63, 3.8) is 0 Å². The van der Waals surface area contributed by atoms with Crippen LogP contribution in [0.25, 0.3) is 21.9 Å². The topological polar surface area (TPSA) is 65.0 Å². The average Bonchev–Trinajstić information content (AvgIpc) is 2.65. The molecule has 0 aliphatic rings. The number of methoxy groups -OCH3 is 3. The number of fused-ring (bicyclic) bond motifs is 1. The zero-order chi connectivity index (χ0) is 18.8. The first-order valence-electron chi connectivity index (χ1n) is 7.76. The Bertz CT molecular complexity index is 980. The van der Waals surface area contributed by atoms with Gasteiger partial charge in [-0.15, -0.1) is 0 Å². The summed E-state index contributed by atoms with van der Waals surface area (Å²) in [5, 5.41) is 11.0. The number of aromatic carboxylic acids is 1. The number of carboxylic acids is 1. The molecule has 0 unspecified atom stereocenters. The summed E-state index contributed by atoms with van der Waals surface area (Å²) in [7, 11) is 4.62. The molecule has 134 valence electrons. The van der Waals surface area contributed by atoms with E-state index >= 15 is 0 Å². The molecule has 0 amide bonds. The summed E-state index contributed by atoms with van der Waals surface area (Å²) < 4.78 is 17.4. The molecule has 3 aromatic carbocycles. The Hall–Kier alpha value is -2.73. The summed E-state index contributed by atoms with van der Waals surface area (Å²) in [6, 6.07) is 12.6. The van der Waals surface area contributed by atoms with Crippen LogP contribution in [-0.2, 0) is 0 Å². The first-order chi connectivity index (χ1) is 12.5. The second-order valence-electron chi connectivity index (χ2n) is 5.58. The predicted molar refractivity (Wildman–Crippen MR) is 104 cm³/mol. The normalized spacial score (nSPS) is 10.6. The van der Waals surface area contributed by atoms with Crippen LogP contribution >= 0.6 is 15.9 Å². The molecule has 0 saturated carbocycles. The number of rotatable bonds is 5. The molecule has 5 nitrogen and oxygen atoms in total. The number of hydrogen-bond donors (Lipinski definition) is 1. The van der Waals surface area contributed by atoms with Crippen molar-refractivity contribution in [3.8, 4) is 28.4 Å². The van der Waals surface area contributed by atoms with Gasteiger partial charge in [-0.3, -0.25) is 0 Å². The van der Waals surface area contributed by atoms with Gasteiger partial charge in [0.05, 0.1) is 26.9 Å². The van der Waals surface area contributed by atoms with E-state index in [9.17, 15) is 9.90 Å². The second kappa shape index (κ2) is 7.25. The van der Waals surface area contributed by atoms with Gasteiger partial charge < -0.3 is 19.3 Å². The van der Waals surface area contributed by atoms with E-state index in [1.54, 1.807) is 25.3 Å². The van der Waals surface area contributed by atoms with Gasteiger partial charge in [0.25, 0.3) is 0 Å². The van der Waals surface area contributed by atoms with Gasteiger partial charge in [0.2, 0.25) is 5.75 Å². The van der Waals surface area contributed by atoms with E-state index in [0.717, 1.165) is 21.0 Å². The SMILES string of the molecule is COc1cc2cc(C(=O)O)cc(-c3ccc(Br)cc3)c2c(OC)c1OC. The van der Waals surface area contributed by atoms with Crippen LogP contribution in [0.1, 0.15) is 10.4 Å². The summed E-state index contributed by atoms with van der Waals surface area (Å²) >= 11 is 3.42. The lowest BCUT2D eigenvalue weighted by Gasteiger charge is -2.18. The van der Waals surface area contributed by atoms with Crippen molar-refractivity contribution in [1.82, 2.24) is 0 Å². The molecular weight excluding hydrogens is 400 g/mol. The maximum Gasteiger partial charge on any atom is 0.335 e. The van der Waals surface area contributed by atoms with Crippen molar-refractivity contribution in [2.24, 2.45) is 0 Å². The van der Waals surface area contributed by atoms with E-state index in [1.165, 1.54) is 14.2 Å². The van der Waals surface area contributed by atoms with E-state index in [-0.39, 0.29) is 5.56 Å². The van der Waals surface area contributed by atoms with E-state index in [2.05, 4.69) is 15.9 Å². The van der Waals surface area contributed by atoms with Gasteiger partial charge in [-0.25, -0.2) is 4.79 Å². The highest BCUT2D eigenvalue weighted by Gasteiger charge is 2.21. The minimum atomic E-state index is -1.00. The van der Waals surface area contributed by atoms with E-state index < -0.39 is 5.97 Å². The number of ether oxygens (including phenoxy) is 3. The highest BCUT2D eigenvalue weighted by atomic mass is 79.9. The molecule has 0 saturated heterocycles. The Morgan fingerprint density at radius 1 is 0.923 bits per heavy atom. The van der Waals surface area contributed by atoms with Crippen molar-refractivity contribution in [1.29, 1.82) is 0 Å². The zero-order valence-electron chi connectivity index (χ0n) is 14.5. The highest BCUT2D eigenvalue weighted by molar-refractivity contribution is 9.10. The summed E-state index contributed by atoms with van der Waals surface area (Å²) in [6.07, 6.45) is 0. The minimum absolute atomic E-state index is 0.185. The molecule has 0 fully saturated rings. The third kappa shape index (κ3) is 3.08. The van der Waals surface area contributed by atoms with Crippen molar-refractivity contribution >= 4 is 32.7 Å². The van der Waals surface area contributed by atoms with Crippen molar-refractivity contribution in [3.05, 3.63) is 52.5 Å². The largest absolute Gasteiger partial charge is 0.493 e. The van der Waals surface area contributed by atoms with Gasteiger partial charge in [0, 0.05) is 9.86 Å². The van der Waals surface area contributed by atoms with E-state index in [0.29, 0.717) is 22.6 Å². The van der Waals surface area contributed by atoms with Crippen LogP contribution < -0.4 is 14.2 Å². The van der Waals surface area contributed by atoms with Gasteiger partial charge in [0.15, 0.2) is 11.5 Å². The lowest BCUT2D eigenvalue weighted by Crippen LogP contribution is -2.00. The molecule has 0 spiro atoms. The molecular formula is C20H17BrO5. The molecule has 0 aliphatic carbocycles. The number of hydrogen-bond acceptors (Lipinski definition) is 4. The Balaban J connectivity index is 2.47. The zero-order valence-corrected chi connectivity index (χ0v) is 16.1. The smallest absolute Gasteiger partial charge is 0.335 e. The standard InChI is InChI=1S/C20H17BrO5/c1-24-16-10-12-8-13(20(22)23)9-15(11-4-6-14(21)7-5-11)17(12)19(26-3)18(16)25-2/h4-10H,1-3H3,(H,22,23). The van der Waals surface area contributed by atoms with Gasteiger partial charge >= 0.3 is 5.97 Å². The van der Waals surface area contributed by atoms with Crippen LogP contribution in [0.4, 0.5) is 0 Å². The molecule has 0 atom stereocenters. The Labute approximate surface area is 159 Å². The third-order valence-electron chi connectivity index (χ3n) is 4.14. The van der Waals surface area contributed by atoms with Crippen LogP contribution in [0.3, 0.4) is 0 Å². The van der Waals surface area contributed by atoms with Crippen LogP contribution in [0.2, 0.25) is 0 Å². The van der Waals surface area contributed by atoms with Crippen LogP contribution in [0.5, 0.6) is 17.2 Å². The summed E-state index contributed by atoms with van der Waals surface area (Å²) in [5.74, 6) is 0.431. The van der Waals surface area contributed by atoms with Gasteiger partial charge in [0.1, 0.15) is 0 Å². The van der Waals surface area contributed by atoms with E-state index in [4.69, 9.17) is 14.2 Å². The predicted octanol–water partition coefficient (Wildman–Crippen LogP) is 4.99. The first kappa shape index (κ1) is 18.1. The molecule has 3 rings (SSSR count). The maximum atomic E-state index is 11.6. The van der Waals surface area contributed by atoms with Crippen molar-refractivity contribution in [2.75, 3.05) is 21.3 Å². The summed E-state index contributed by atoms with van der Waals surface area (Å²) in [4.78, 5) is 11.6. The second-order valence-corrected chi connectivity index (χ2v) is 6.49. The molecule has 0 heterocycles. The van der Waals surface area contributed by atoms with Gasteiger partial charge in [-0.05, 0) is 46.8 Å². The molecule has 26 heavy (non-hydrogen) atoms. The fraction of sp³-hybridized carbons (Fsp3) is 0.150. The van der Waals surface area contributed by atoms with Crippen molar-refractivity contribution in [2.45, 2.75) is 0 Å². The average molecular weight is 417 g/mol. The minimum Gasteiger partial charge on any atom is -0.493 e. The monoisotopic (exact) mass is 416 g/mol. The quantitative estimate of drug-likeness (QED) is 0.634. The molecule has 0 radical (unpaired) electrons. The Kier molecular flexibility index (Phi) is 5.04. The molecule has 6 heteroatoms. The Morgan fingerprint density at radius 2 is 1.58 bits per heavy atom.